The molecule has 1 heterocycles. The van der Waals surface area contributed by atoms with Crippen LogP contribution >= 0.6 is 15.9 Å². The third-order valence-corrected chi connectivity index (χ3v) is 6.99. The summed E-state index contributed by atoms with van der Waals surface area (Å²) in [5.74, 6) is -1.77. The first-order valence-corrected chi connectivity index (χ1v) is 10.1. The minimum Gasteiger partial charge on any atom is -0.477 e. The summed E-state index contributed by atoms with van der Waals surface area (Å²) in [4.78, 5) is 15.0. The lowest BCUT2D eigenvalue weighted by atomic mass is 9.97. The molecule has 0 fully saturated rings. The number of hydrogen-bond acceptors (Lipinski definition) is 4. The van der Waals surface area contributed by atoms with E-state index < -0.39 is 32.2 Å². The molecule has 9 heteroatoms. The molecule has 5 nitrogen and oxygen atoms in total. The van der Waals surface area contributed by atoms with Crippen LogP contribution in [0.4, 0.5) is 8.78 Å². The van der Waals surface area contributed by atoms with Gasteiger partial charge in [0.15, 0.2) is 14.6 Å². The maximum absolute atomic E-state index is 13.4. The Balaban J connectivity index is 2.14. The highest BCUT2D eigenvalue weighted by Crippen LogP contribution is 2.39. The van der Waals surface area contributed by atoms with Crippen molar-refractivity contribution in [2.45, 2.75) is 9.64 Å². The van der Waals surface area contributed by atoms with E-state index in [0.29, 0.717) is 4.47 Å². The number of benzene rings is 2. The zero-order chi connectivity index (χ0) is 20.5. The zero-order valence-electron chi connectivity index (χ0n) is 14.0. The molecule has 0 amide bonds. The molecule has 2 aromatic rings. The Labute approximate surface area is 167 Å². The van der Waals surface area contributed by atoms with Crippen molar-refractivity contribution in [3.8, 4) is 0 Å². The van der Waals surface area contributed by atoms with Crippen LogP contribution in [0, 0.1) is 0 Å². The molecule has 3 rings (SSSR count). The highest BCUT2D eigenvalue weighted by Gasteiger charge is 2.44. The molecule has 1 aliphatic rings. The van der Waals surface area contributed by atoms with Gasteiger partial charge in [-0.1, -0.05) is 46.3 Å². The van der Waals surface area contributed by atoms with Gasteiger partial charge in [0.25, 0.3) is 6.08 Å². The average Bonchev–Trinajstić information content (AvgIpc) is 3.13. The van der Waals surface area contributed by atoms with E-state index >= 15 is 0 Å². The maximum atomic E-state index is 13.4. The lowest BCUT2D eigenvalue weighted by Crippen LogP contribution is -2.34. The predicted octanol–water partition coefficient (Wildman–Crippen LogP) is 4.41. The maximum Gasteiger partial charge on any atom is 0.341 e. The van der Waals surface area contributed by atoms with Gasteiger partial charge in [-0.25, -0.2) is 13.2 Å². The van der Waals surface area contributed by atoms with Crippen molar-refractivity contribution in [3.63, 3.8) is 0 Å². The molecular weight excluding hydrogens is 456 g/mol. The summed E-state index contributed by atoms with van der Waals surface area (Å²) < 4.78 is 51.5. The van der Waals surface area contributed by atoms with E-state index in [-0.39, 0.29) is 16.0 Å². The summed E-state index contributed by atoms with van der Waals surface area (Å²) in [6, 6.07) is 11.1. The van der Waals surface area contributed by atoms with E-state index in [9.17, 15) is 22.0 Å². The average molecular weight is 468 g/mol. The molecule has 1 aliphatic heterocycles. The van der Waals surface area contributed by atoms with Crippen LogP contribution in [0.2, 0.25) is 0 Å². The molecule has 0 aliphatic carbocycles. The fourth-order valence-electron chi connectivity index (χ4n) is 2.88. The summed E-state index contributed by atoms with van der Waals surface area (Å²) in [5.41, 5.74) is -1.12. The number of halogens is 3. The first-order valence-electron chi connectivity index (χ1n) is 7.81. The smallest absolute Gasteiger partial charge is 0.341 e. The normalized spacial score (nSPS) is 18.2. The van der Waals surface area contributed by atoms with Gasteiger partial charge in [-0.3, -0.25) is 4.99 Å². The van der Waals surface area contributed by atoms with Crippen LogP contribution in [0.3, 0.4) is 0 Å². The van der Waals surface area contributed by atoms with Crippen molar-refractivity contribution in [1.29, 1.82) is 0 Å². The van der Waals surface area contributed by atoms with Crippen LogP contribution in [-0.2, 0) is 19.4 Å². The molecule has 0 saturated heterocycles. The van der Waals surface area contributed by atoms with Crippen molar-refractivity contribution in [2.24, 2.45) is 4.99 Å². The van der Waals surface area contributed by atoms with Crippen molar-refractivity contribution >= 4 is 43.5 Å². The molecule has 0 bridgehead atoms. The summed E-state index contributed by atoms with van der Waals surface area (Å²) >= 11 is 3.24. The van der Waals surface area contributed by atoms with Crippen LogP contribution < -0.4 is 0 Å². The Kier molecular flexibility index (Phi) is 5.31. The first kappa shape index (κ1) is 20.1. The molecule has 144 valence electrons. The van der Waals surface area contributed by atoms with Crippen molar-refractivity contribution in [3.05, 3.63) is 82.5 Å². The van der Waals surface area contributed by atoms with Crippen LogP contribution in [-0.4, -0.2) is 25.7 Å². The molecule has 1 unspecified atom stereocenters. The summed E-state index contributed by atoms with van der Waals surface area (Å²) in [5, 5.41) is 8.96. The fourth-order valence-corrected chi connectivity index (χ4v) is 5.24. The fraction of sp³-hybridized carbons (Fsp3) is 0.0526. The van der Waals surface area contributed by atoms with Crippen molar-refractivity contribution < 1.29 is 27.1 Å². The molecular formula is C19H12BrF2NO4S. The SMILES string of the molecule is O=C(O)C(=C(F)F)c1ccc(C2(S(=O)(=O)c3cccc(Br)c3)C=CN=C2)cc1. The van der Waals surface area contributed by atoms with Gasteiger partial charge < -0.3 is 5.11 Å². The van der Waals surface area contributed by atoms with Crippen molar-refractivity contribution in [2.75, 3.05) is 0 Å². The van der Waals surface area contributed by atoms with Gasteiger partial charge in [-0.05, 0) is 35.4 Å². The number of carboxylic acids is 1. The monoisotopic (exact) mass is 467 g/mol. The minimum atomic E-state index is -3.98. The lowest BCUT2D eigenvalue weighted by molar-refractivity contribution is -0.130. The van der Waals surface area contributed by atoms with E-state index in [4.69, 9.17) is 5.11 Å². The minimum absolute atomic E-state index is 0.0462. The zero-order valence-corrected chi connectivity index (χ0v) is 16.4. The van der Waals surface area contributed by atoms with E-state index in [1.807, 2.05) is 0 Å². The molecule has 1 atom stereocenters. The van der Waals surface area contributed by atoms with Gasteiger partial charge in [0, 0.05) is 16.9 Å². The second-order valence-electron chi connectivity index (χ2n) is 5.87. The number of aliphatic carboxylic acids is 1. The van der Waals surface area contributed by atoms with Crippen molar-refractivity contribution in [1.82, 2.24) is 0 Å². The Bertz CT molecular complexity index is 1120. The van der Waals surface area contributed by atoms with Gasteiger partial charge in [0.1, 0.15) is 5.57 Å². The third kappa shape index (κ3) is 3.31. The molecule has 0 saturated carbocycles. The van der Waals surface area contributed by atoms with Crippen LogP contribution in [0.25, 0.3) is 5.57 Å². The van der Waals surface area contributed by atoms with E-state index in [1.54, 1.807) is 12.1 Å². The number of sulfone groups is 1. The number of nitrogens with zero attached hydrogens (tertiary/aromatic N) is 1. The first-order chi connectivity index (χ1) is 13.2. The number of carbonyl (C=O) groups is 1. The summed E-state index contributed by atoms with van der Waals surface area (Å²) in [6.07, 6.45) is 1.65. The van der Waals surface area contributed by atoms with E-state index in [1.165, 1.54) is 42.8 Å². The Morgan fingerprint density at radius 1 is 1.11 bits per heavy atom. The summed E-state index contributed by atoms with van der Waals surface area (Å²) in [6.45, 7) is 0. The van der Waals surface area contributed by atoms with Gasteiger partial charge in [-0.2, -0.15) is 8.78 Å². The quantitative estimate of drug-likeness (QED) is 0.660. The molecule has 28 heavy (non-hydrogen) atoms. The molecule has 0 aromatic heterocycles. The Hall–Kier alpha value is -2.65. The van der Waals surface area contributed by atoms with E-state index in [0.717, 1.165) is 12.1 Å². The second kappa shape index (κ2) is 7.40. The number of aliphatic imine (C=N–C) groups is 1. The molecule has 1 N–H and O–H groups in total. The predicted molar refractivity (Wildman–Crippen MR) is 104 cm³/mol. The molecule has 0 spiro atoms. The third-order valence-electron chi connectivity index (χ3n) is 4.25. The van der Waals surface area contributed by atoms with Crippen LogP contribution in [0.5, 0.6) is 0 Å². The topological polar surface area (TPSA) is 83.8 Å². The second-order valence-corrected chi connectivity index (χ2v) is 8.94. The largest absolute Gasteiger partial charge is 0.477 e. The van der Waals surface area contributed by atoms with Crippen LogP contribution in [0.15, 0.2) is 81.2 Å². The van der Waals surface area contributed by atoms with E-state index in [2.05, 4.69) is 20.9 Å². The Morgan fingerprint density at radius 2 is 1.79 bits per heavy atom. The number of hydrogen-bond donors (Lipinski definition) is 1. The van der Waals surface area contributed by atoms with Crippen LogP contribution in [0.1, 0.15) is 11.1 Å². The highest BCUT2D eigenvalue weighted by molar-refractivity contribution is 9.10. The lowest BCUT2D eigenvalue weighted by Gasteiger charge is -2.25. The number of rotatable bonds is 5. The molecule has 2 aromatic carbocycles. The van der Waals surface area contributed by atoms with Gasteiger partial charge in [0.05, 0.1) is 4.90 Å². The Morgan fingerprint density at radius 3 is 2.29 bits per heavy atom. The van der Waals surface area contributed by atoms with Gasteiger partial charge in [-0.15, -0.1) is 0 Å². The van der Waals surface area contributed by atoms with Gasteiger partial charge in [0.2, 0.25) is 0 Å². The molecule has 0 radical (unpaired) electrons. The standard InChI is InChI=1S/C19H12BrF2NO4S/c20-14-2-1-3-15(10-14)28(26,27)19(8-9-23-11-19)13-6-4-12(5-7-13)16(17(21)22)18(24)25/h1-11H,(H,24,25). The highest BCUT2D eigenvalue weighted by atomic mass is 79.9. The number of carboxylic acid groups (broad SMARTS) is 1. The van der Waals surface area contributed by atoms with Gasteiger partial charge >= 0.3 is 5.97 Å². The summed E-state index contributed by atoms with van der Waals surface area (Å²) in [7, 11) is -3.98.